The first-order chi connectivity index (χ1) is 11.4. The summed E-state index contributed by atoms with van der Waals surface area (Å²) in [6.45, 7) is 11.8. The van der Waals surface area contributed by atoms with E-state index in [1.807, 2.05) is 18.8 Å². The van der Waals surface area contributed by atoms with E-state index < -0.39 is 0 Å². The molecule has 1 aromatic rings. The van der Waals surface area contributed by atoms with Crippen molar-refractivity contribution in [2.24, 2.45) is 4.99 Å². The molecule has 0 aliphatic carbocycles. The number of aliphatic imine (C=N–C) groups is 1. The van der Waals surface area contributed by atoms with Crippen LogP contribution < -0.4 is 5.32 Å². The van der Waals surface area contributed by atoms with Crippen molar-refractivity contribution < 1.29 is 0 Å². The summed E-state index contributed by atoms with van der Waals surface area (Å²) in [6, 6.07) is 8.84. The molecule has 0 atom stereocenters. The average molecular weight is 349 g/mol. The Balaban J connectivity index is 1.95. The smallest absolute Gasteiger partial charge is 0.193 e. The average Bonchev–Trinajstić information content (AvgIpc) is 2.55. The number of nitrogens with one attached hydrogen (secondary N) is 1. The minimum absolute atomic E-state index is 0.292. The van der Waals surface area contributed by atoms with Crippen LogP contribution in [-0.4, -0.2) is 60.0 Å². The van der Waals surface area contributed by atoms with Gasteiger partial charge in [-0.1, -0.05) is 31.2 Å². The van der Waals surface area contributed by atoms with Crippen LogP contribution in [0.2, 0.25) is 0 Å². The van der Waals surface area contributed by atoms with Crippen molar-refractivity contribution in [2.75, 3.05) is 39.5 Å². The van der Waals surface area contributed by atoms with Crippen LogP contribution in [0.15, 0.2) is 29.3 Å². The minimum Gasteiger partial charge on any atom is -0.352 e. The van der Waals surface area contributed by atoms with E-state index in [9.17, 15) is 0 Å². The zero-order valence-electron chi connectivity index (χ0n) is 15.8. The molecule has 1 N–H and O–H groups in total. The van der Waals surface area contributed by atoms with Crippen molar-refractivity contribution in [3.8, 4) is 0 Å². The molecule has 0 aromatic heterocycles. The lowest BCUT2D eigenvalue weighted by atomic mass is 10.1. The zero-order valence-corrected chi connectivity index (χ0v) is 16.6. The lowest BCUT2D eigenvalue weighted by Crippen LogP contribution is -2.50. The van der Waals surface area contributed by atoms with Crippen molar-refractivity contribution >= 4 is 17.7 Å². The second kappa shape index (κ2) is 8.77. The van der Waals surface area contributed by atoms with E-state index in [0.717, 1.165) is 44.4 Å². The Bertz CT molecular complexity index is 556. The van der Waals surface area contributed by atoms with Gasteiger partial charge in [0.2, 0.25) is 0 Å². The van der Waals surface area contributed by atoms with Gasteiger partial charge in [0.25, 0.3) is 0 Å². The van der Waals surface area contributed by atoms with Crippen LogP contribution in [0.1, 0.15) is 31.9 Å². The Kier molecular flexibility index (Phi) is 6.99. The molecular formula is C19H32N4S. The van der Waals surface area contributed by atoms with Crippen LogP contribution in [-0.2, 0) is 13.1 Å². The molecule has 1 heterocycles. The first-order valence-electron chi connectivity index (χ1n) is 8.79. The van der Waals surface area contributed by atoms with Crippen LogP contribution in [0.4, 0.5) is 0 Å². The second-order valence-corrected chi connectivity index (χ2v) is 8.88. The molecular weight excluding hydrogens is 316 g/mol. The van der Waals surface area contributed by atoms with Gasteiger partial charge in [0.1, 0.15) is 0 Å². The number of guanidine groups is 1. The highest BCUT2D eigenvalue weighted by Crippen LogP contribution is 2.29. The molecule has 1 fully saturated rings. The fraction of sp³-hybridized carbons (Fsp3) is 0.632. The predicted octanol–water partition coefficient (Wildman–Crippen LogP) is 3.04. The second-order valence-electron chi connectivity index (χ2n) is 7.08. The first-order valence-corrected chi connectivity index (χ1v) is 9.78. The summed E-state index contributed by atoms with van der Waals surface area (Å²) in [6.07, 6.45) is 0. The highest BCUT2D eigenvalue weighted by molar-refractivity contribution is 8.00. The molecule has 0 radical (unpaired) electrons. The van der Waals surface area contributed by atoms with Gasteiger partial charge in [0.05, 0.1) is 0 Å². The lowest BCUT2D eigenvalue weighted by molar-refractivity contribution is 0.345. The first kappa shape index (κ1) is 19.1. The maximum absolute atomic E-state index is 4.49. The van der Waals surface area contributed by atoms with Crippen molar-refractivity contribution in [1.82, 2.24) is 15.1 Å². The summed E-state index contributed by atoms with van der Waals surface area (Å²) in [5, 5.41) is 3.54. The van der Waals surface area contributed by atoms with E-state index in [1.54, 1.807) is 0 Å². The van der Waals surface area contributed by atoms with Crippen LogP contribution in [0.5, 0.6) is 0 Å². The number of benzene rings is 1. The summed E-state index contributed by atoms with van der Waals surface area (Å²) in [7, 11) is 4.03. The van der Waals surface area contributed by atoms with Crippen molar-refractivity contribution in [1.29, 1.82) is 0 Å². The molecule has 0 spiro atoms. The van der Waals surface area contributed by atoms with Gasteiger partial charge in [-0.2, -0.15) is 11.8 Å². The molecule has 5 heteroatoms. The number of nitrogens with zero attached hydrogens (tertiary/aromatic N) is 3. The largest absolute Gasteiger partial charge is 0.352 e. The fourth-order valence-electron chi connectivity index (χ4n) is 2.97. The predicted molar refractivity (Wildman–Crippen MR) is 107 cm³/mol. The minimum atomic E-state index is 0.292. The van der Waals surface area contributed by atoms with Gasteiger partial charge in [-0.05, 0) is 38.6 Å². The summed E-state index contributed by atoms with van der Waals surface area (Å²) < 4.78 is 0.292. The summed E-state index contributed by atoms with van der Waals surface area (Å²) >= 11 is 2.05. The van der Waals surface area contributed by atoms with E-state index in [1.165, 1.54) is 11.1 Å². The number of thioether (sulfide) groups is 1. The molecule has 0 unspecified atom stereocenters. The third kappa shape index (κ3) is 5.71. The Hall–Kier alpha value is -1.20. The van der Waals surface area contributed by atoms with E-state index in [4.69, 9.17) is 0 Å². The maximum atomic E-state index is 4.49. The Morgan fingerprint density at radius 3 is 2.79 bits per heavy atom. The van der Waals surface area contributed by atoms with Gasteiger partial charge in [-0.3, -0.25) is 4.99 Å². The van der Waals surface area contributed by atoms with E-state index in [-0.39, 0.29) is 0 Å². The molecule has 1 aliphatic rings. The molecule has 1 saturated heterocycles. The molecule has 2 rings (SSSR count). The van der Waals surface area contributed by atoms with E-state index in [0.29, 0.717) is 4.75 Å². The monoisotopic (exact) mass is 348 g/mol. The maximum Gasteiger partial charge on any atom is 0.193 e. The molecule has 4 nitrogen and oxygen atoms in total. The number of rotatable bonds is 5. The van der Waals surface area contributed by atoms with Crippen LogP contribution in [0, 0.1) is 0 Å². The van der Waals surface area contributed by atoms with Crippen molar-refractivity contribution in [3.05, 3.63) is 35.4 Å². The standard InChI is InChI=1S/C19H32N4S/c1-6-22(5)14-17-9-7-8-16(12-17)13-21-18(20-4)23-10-11-24-19(2,3)15-23/h7-9,12H,6,10-11,13-15H2,1-5H3,(H,20,21). The topological polar surface area (TPSA) is 30.9 Å². The van der Waals surface area contributed by atoms with Gasteiger partial charge in [0.15, 0.2) is 5.96 Å². The molecule has 0 amide bonds. The van der Waals surface area contributed by atoms with Crippen molar-refractivity contribution in [3.63, 3.8) is 0 Å². The van der Waals surface area contributed by atoms with E-state index >= 15 is 0 Å². The van der Waals surface area contributed by atoms with Gasteiger partial charge in [-0.25, -0.2) is 0 Å². The van der Waals surface area contributed by atoms with Crippen LogP contribution in [0.25, 0.3) is 0 Å². The highest BCUT2D eigenvalue weighted by atomic mass is 32.2. The Labute approximate surface area is 151 Å². The summed E-state index contributed by atoms with van der Waals surface area (Å²) in [4.78, 5) is 9.19. The van der Waals surface area contributed by atoms with Gasteiger partial charge in [-0.15, -0.1) is 0 Å². The molecule has 1 aliphatic heterocycles. The van der Waals surface area contributed by atoms with Gasteiger partial charge < -0.3 is 15.1 Å². The van der Waals surface area contributed by atoms with Crippen LogP contribution in [0.3, 0.4) is 0 Å². The number of hydrogen-bond acceptors (Lipinski definition) is 3. The normalized spacial score (nSPS) is 18.1. The molecule has 1 aromatic carbocycles. The fourth-order valence-corrected chi connectivity index (χ4v) is 4.08. The molecule has 134 valence electrons. The van der Waals surface area contributed by atoms with Gasteiger partial charge in [0, 0.05) is 43.7 Å². The van der Waals surface area contributed by atoms with Crippen molar-refractivity contribution in [2.45, 2.75) is 38.6 Å². The molecule has 0 bridgehead atoms. The lowest BCUT2D eigenvalue weighted by Gasteiger charge is -2.39. The Morgan fingerprint density at radius 2 is 2.12 bits per heavy atom. The third-order valence-corrected chi connectivity index (χ3v) is 5.67. The zero-order chi connectivity index (χ0) is 17.6. The Morgan fingerprint density at radius 1 is 1.38 bits per heavy atom. The quantitative estimate of drug-likeness (QED) is 0.654. The summed E-state index contributed by atoms with van der Waals surface area (Å²) in [5.41, 5.74) is 2.67. The van der Waals surface area contributed by atoms with E-state index in [2.05, 4.69) is 72.2 Å². The van der Waals surface area contributed by atoms with Crippen LogP contribution >= 0.6 is 11.8 Å². The molecule has 24 heavy (non-hydrogen) atoms. The van der Waals surface area contributed by atoms with Gasteiger partial charge >= 0.3 is 0 Å². The SMILES string of the molecule is CCN(C)Cc1cccc(CNC(=NC)N2CCSC(C)(C)C2)c1. The highest BCUT2D eigenvalue weighted by Gasteiger charge is 2.28. The molecule has 0 saturated carbocycles. The third-order valence-electron chi connectivity index (χ3n) is 4.37. The number of hydrogen-bond donors (Lipinski definition) is 1. The summed E-state index contributed by atoms with van der Waals surface area (Å²) in [5.74, 6) is 2.17.